The maximum Gasteiger partial charge on any atom is 0.151 e. The number of aldehydes is 1. The van der Waals surface area contributed by atoms with Crippen LogP contribution < -0.4 is 4.90 Å². The highest BCUT2D eigenvalue weighted by Gasteiger charge is 2.11. The molecule has 0 aromatic carbocycles. The number of morpholine rings is 1. The van der Waals surface area contributed by atoms with Crippen LogP contribution in [0.4, 0.5) is 5.82 Å². The summed E-state index contributed by atoms with van der Waals surface area (Å²) in [7, 11) is 0. The lowest BCUT2D eigenvalue weighted by atomic mass is 10.3. The van der Waals surface area contributed by atoms with Gasteiger partial charge in [0, 0.05) is 24.8 Å². The molecule has 1 aliphatic rings. The van der Waals surface area contributed by atoms with Crippen molar-refractivity contribution >= 4 is 12.1 Å². The second-order valence-corrected chi connectivity index (χ2v) is 3.17. The molecule has 0 spiro atoms. The van der Waals surface area contributed by atoms with E-state index in [2.05, 4.69) is 9.88 Å². The zero-order chi connectivity index (χ0) is 9.80. The van der Waals surface area contributed by atoms with Crippen molar-refractivity contribution < 1.29 is 9.53 Å². The molecule has 0 bridgehead atoms. The minimum atomic E-state index is 0.613. The number of ether oxygens (including phenoxy) is 1. The van der Waals surface area contributed by atoms with Gasteiger partial charge in [-0.05, 0) is 12.1 Å². The minimum absolute atomic E-state index is 0.613. The van der Waals surface area contributed by atoms with Gasteiger partial charge in [-0.3, -0.25) is 4.79 Å². The smallest absolute Gasteiger partial charge is 0.151 e. The molecule has 0 atom stereocenters. The molecule has 0 radical (unpaired) electrons. The highest BCUT2D eigenvalue weighted by atomic mass is 16.5. The van der Waals surface area contributed by atoms with E-state index in [0.717, 1.165) is 38.4 Å². The Morgan fingerprint density at radius 1 is 1.36 bits per heavy atom. The van der Waals surface area contributed by atoms with Gasteiger partial charge in [0.25, 0.3) is 0 Å². The molecule has 0 N–H and O–H groups in total. The molecule has 2 heterocycles. The fourth-order valence-corrected chi connectivity index (χ4v) is 1.45. The van der Waals surface area contributed by atoms with Gasteiger partial charge in [-0.15, -0.1) is 0 Å². The van der Waals surface area contributed by atoms with E-state index in [9.17, 15) is 4.79 Å². The first kappa shape index (κ1) is 9.15. The summed E-state index contributed by atoms with van der Waals surface area (Å²) in [5.41, 5.74) is 0.613. The van der Waals surface area contributed by atoms with Crippen molar-refractivity contribution in [3.63, 3.8) is 0 Å². The summed E-state index contributed by atoms with van der Waals surface area (Å²) in [5.74, 6) is 0.916. The molecule has 0 saturated carbocycles. The average Bonchev–Trinajstić information content (AvgIpc) is 2.30. The maximum atomic E-state index is 10.4. The maximum absolute atomic E-state index is 10.4. The van der Waals surface area contributed by atoms with Crippen molar-refractivity contribution in [1.29, 1.82) is 0 Å². The van der Waals surface area contributed by atoms with E-state index >= 15 is 0 Å². The van der Waals surface area contributed by atoms with E-state index < -0.39 is 0 Å². The van der Waals surface area contributed by atoms with Gasteiger partial charge >= 0.3 is 0 Å². The number of hydrogen-bond acceptors (Lipinski definition) is 4. The lowest BCUT2D eigenvalue weighted by molar-refractivity contribution is 0.112. The molecule has 4 heteroatoms. The van der Waals surface area contributed by atoms with Gasteiger partial charge in [0.05, 0.1) is 13.2 Å². The van der Waals surface area contributed by atoms with Gasteiger partial charge in [0.1, 0.15) is 5.82 Å². The topological polar surface area (TPSA) is 42.4 Å². The predicted molar refractivity (Wildman–Crippen MR) is 52.7 cm³/mol. The highest BCUT2D eigenvalue weighted by molar-refractivity contribution is 5.74. The Kier molecular flexibility index (Phi) is 2.74. The Labute approximate surface area is 82.5 Å². The van der Waals surface area contributed by atoms with Crippen molar-refractivity contribution in [1.82, 2.24) is 4.98 Å². The molecule has 1 aromatic rings. The standard InChI is InChI=1S/C10H12N2O2/c13-8-9-1-2-10(11-7-9)12-3-5-14-6-4-12/h1-2,7-8H,3-6H2. The molecule has 0 amide bonds. The summed E-state index contributed by atoms with van der Waals surface area (Å²) in [5, 5.41) is 0. The normalized spacial score (nSPS) is 16.7. The summed E-state index contributed by atoms with van der Waals surface area (Å²) in [4.78, 5) is 16.8. The first-order valence-electron chi connectivity index (χ1n) is 4.64. The Balaban J connectivity index is 2.11. The zero-order valence-electron chi connectivity index (χ0n) is 7.85. The van der Waals surface area contributed by atoms with Crippen LogP contribution in [0.3, 0.4) is 0 Å². The second-order valence-electron chi connectivity index (χ2n) is 3.17. The average molecular weight is 192 g/mol. The van der Waals surface area contributed by atoms with Crippen LogP contribution in [0, 0.1) is 0 Å². The number of carbonyl (C=O) groups is 1. The summed E-state index contributed by atoms with van der Waals surface area (Å²) in [6.45, 7) is 3.23. The van der Waals surface area contributed by atoms with Crippen LogP contribution in [0.2, 0.25) is 0 Å². The van der Waals surface area contributed by atoms with E-state index in [1.807, 2.05) is 6.07 Å². The Morgan fingerprint density at radius 3 is 2.71 bits per heavy atom. The van der Waals surface area contributed by atoms with Gasteiger partial charge in [-0.25, -0.2) is 4.98 Å². The van der Waals surface area contributed by atoms with E-state index in [-0.39, 0.29) is 0 Å². The molecule has 0 unspecified atom stereocenters. The monoisotopic (exact) mass is 192 g/mol. The predicted octanol–water partition coefficient (Wildman–Crippen LogP) is 0.731. The van der Waals surface area contributed by atoms with Crippen LogP contribution in [0.5, 0.6) is 0 Å². The fraction of sp³-hybridized carbons (Fsp3) is 0.400. The van der Waals surface area contributed by atoms with Crippen LogP contribution in [0.25, 0.3) is 0 Å². The fourth-order valence-electron chi connectivity index (χ4n) is 1.45. The van der Waals surface area contributed by atoms with Gasteiger partial charge < -0.3 is 9.64 Å². The van der Waals surface area contributed by atoms with E-state index in [1.54, 1.807) is 12.3 Å². The minimum Gasteiger partial charge on any atom is -0.378 e. The van der Waals surface area contributed by atoms with Gasteiger partial charge in [0.15, 0.2) is 6.29 Å². The number of aromatic nitrogens is 1. The lowest BCUT2D eigenvalue weighted by Gasteiger charge is -2.27. The number of carbonyl (C=O) groups excluding carboxylic acids is 1. The summed E-state index contributed by atoms with van der Waals surface area (Å²) in [6, 6.07) is 3.65. The quantitative estimate of drug-likeness (QED) is 0.648. The Morgan fingerprint density at radius 2 is 2.14 bits per heavy atom. The third-order valence-corrected chi connectivity index (χ3v) is 2.24. The number of pyridine rings is 1. The van der Waals surface area contributed by atoms with Crippen LogP contribution in [0.1, 0.15) is 10.4 Å². The van der Waals surface area contributed by atoms with Gasteiger partial charge in [0.2, 0.25) is 0 Å². The van der Waals surface area contributed by atoms with Crippen molar-refractivity contribution in [2.24, 2.45) is 0 Å². The van der Waals surface area contributed by atoms with Crippen molar-refractivity contribution in [2.45, 2.75) is 0 Å². The molecular weight excluding hydrogens is 180 g/mol. The van der Waals surface area contributed by atoms with Gasteiger partial charge in [-0.2, -0.15) is 0 Å². The molecule has 0 aliphatic carbocycles. The molecule has 74 valence electrons. The second kappa shape index (κ2) is 4.19. The highest BCUT2D eigenvalue weighted by Crippen LogP contribution is 2.11. The lowest BCUT2D eigenvalue weighted by Crippen LogP contribution is -2.36. The van der Waals surface area contributed by atoms with Crippen LogP contribution >= 0.6 is 0 Å². The summed E-state index contributed by atoms with van der Waals surface area (Å²) >= 11 is 0. The van der Waals surface area contributed by atoms with Crippen LogP contribution in [-0.4, -0.2) is 37.6 Å². The molecule has 1 fully saturated rings. The third kappa shape index (κ3) is 1.90. The number of anilines is 1. The molecule has 1 aromatic heterocycles. The van der Waals surface area contributed by atoms with Crippen LogP contribution in [0.15, 0.2) is 18.3 Å². The van der Waals surface area contributed by atoms with Crippen molar-refractivity contribution in [3.8, 4) is 0 Å². The van der Waals surface area contributed by atoms with Crippen LogP contribution in [-0.2, 0) is 4.74 Å². The number of nitrogens with zero attached hydrogens (tertiary/aromatic N) is 2. The summed E-state index contributed by atoms with van der Waals surface area (Å²) < 4.78 is 5.24. The molecule has 1 aliphatic heterocycles. The van der Waals surface area contributed by atoms with Crippen molar-refractivity contribution in [2.75, 3.05) is 31.2 Å². The SMILES string of the molecule is O=Cc1ccc(N2CCOCC2)nc1. The zero-order valence-corrected chi connectivity index (χ0v) is 7.85. The molecular formula is C10H12N2O2. The van der Waals surface area contributed by atoms with E-state index in [4.69, 9.17) is 4.74 Å². The molecule has 4 nitrogen and oxygen atoms in total. The first-order chi connectivity index (χ1) is 6.90. The third-order valence-electron chi connectivity index (χ3n) is 2.24. The number of hydrogen-bond donors (Lipinski definition) is 0. The largest absolute Gasteiger partial charge is 0.378 e. The van der Waals surface area contributed by atoms with E-state index in [0.29, 0.717) is 5.56 Å². The first-order valence-corrected chi connectivity index (χ1v) is 4.64. The summed E-state index contributed by atoms with van der Waals surface area (Å²) in [6.07, 6.45) is 2.40. The molecule has 2 rings (SSSR count). The molecule has 1 saturated heterocycles. The Bertz CT molecular complexity index is 304. The number of rotatable bonds is 2. The van der Waals surface area contributed by atoms with Crippen molar-refractivity contribution in [3.05, 3.63) is 23.9 Å². The molecule has 14 heavy (non-hydrogen) atoms. The van der Waals surface area contributed by atoms with Gasteiger partial charge in [-0.1, -0.05) is 0 Å². The van der Waals surface area contributed by atoms with E-state index in [1.165, 1.54) is 0 Å². The Hall–Kier alpha value is -1.42.